The van der Waals surface area contributed by atoms with Gasteiger partial charge in [0.15, 0.2) is 5.96 Å². The van der Waals surface area contributed by atoms with Gasteiger partial charge in [0, 0.05) is 63.7 Å². The van der Waals surface area contributed by atoms with E-state index in [-0.39, 0.29) is 29.9 Å². The first-order valence-corrected chi connectivity index (χ1v) is 11.1. The number of nitrogens with zero attached hydrogens (tertiary/aromatic N) is 6. The molecule has 8 nitrogen and oxygen atoms in total. The molecule has 1 aromatic heterocycles. The zero-order chi connectivity index (χ0) is 22.0. The maximum absolute atomic E-state index is 12.7. The Bertz CT molecular complexity index is 979. The maximum Gasteiger partial charge on any atom is 0.246 e. The summed E-state index contributed by atoms with van der Waals surface area (Å²) < 4.78 is 1.71. The average Bonchev–Trinajstić information content (AvgIpc) is 3.39. The Labute approximate surface area is 211 Å². The second-order valence-corrected chi connectivity index (χ2v) is 8.74. The first kappa shape index (κ1) is 24.6. The van der Waals surface area contributed by atoms with Crippen LogP contribution in [0.2, 0.25) is 5.02 Å². The quantitative estimate of drug-likeness (QED) is 0.347. The van der Waals surface area contributed by atoms with E-state index in [4.69, 9.17) is 11.6 Å². The highest BCUT2D eigenvalue weighted by Crippen LogP contribution is 2.29. The van der Waals surface area contributed by atoms with Crippen LogP contribution in [0.15, 0.2) is 35.6 Å². The van der Waals surface area contributed by atoms with Crippen molar-refractivity contribution in [3.8, 4) is 0 Å². The molecule has 2 aliphatic rings. The zero-order valence-corrected chi connectivity index (χ0v) is 21.9. The fraction of sp³-hybridized carbons (Fsp3) is 0.500. The Kier molecular flexibility index (Phi) is 8.26. The van der Waals surface area contributed by atoms with Crippen molar-refractivity contribution < 1.29 is 4.79 Å². The van der Waals surface area contributed by atoms with Crippen LogP contribution in [-0.2, 0) is 11.8 Å². The topological polar surface area (TPSA) is 69.0 Å². The van der Waals surface area contributed by atoms with Gasteiger partial charge >= 0.3 is 0 Å². The summed E-state index contributed by atoms with van der Waals surface area (Å²) >= 11 is 6.21. The van der Waals surface area contributed by atoms with Gasteiger partial charge in [-0.15, -0.1) is 24.0 Å². The standard InChI is InChI=1S/C22H30ClN7O.HI/c1-16-4-5-18(23)10-20(16)28-7-6-17(13-28)11-25-22(24-2)29-8-9-30(21(31)15-29)19-12-26-27(3)14-19;/h4-5,10,12,14,17H,6-9,11,13,15H2,1-3H3,(H,24,25);1H. The lowest BCUT2D eigenvalue weighted by Gasteiger charge is -2.35. The van der Waals surface area contributed by atoms with Crippen LogP contribution in [0.25, 0.3) is 0 Å². The number of hydrogen-bond donors (Lipinski definition) is 1. The number of piperazine rings is 1. The molecule has 1 N–H and O–H groups in total. The Morgan fingerprint density at radius 3 is 2.81 bits per heavy atom. The van der Waals surface area contributed by atoms with Gasteiger partial charge in [0.25, 0.3) is 0 Å². The van der Waals surface area contributed by atoms with E-state index in [1.807, 2.05) is 24.2 Å². The highest BCUT2D eigenvalue weighted by molar-refractivity contribution is 14.0. The number of aliphatic imine (C=N–C) groups is 1. The molecule has 2 saturated heterocycles. The second-order valence-electron chi connectivity index (χ2n) is 8.30. The van der Waals surface area contributed by atoms with E-state index < -0.39 is 0 Å². The van der Waals surface area contributed by atoms with Crippen molar-refractivity contribution in [2.24, 2.45) is 18.0 Å². The molecule has 10 heteroatoms. The number of rotatable bonds is 4. The van der Waals surface area contributed by atoms with Gasteiger partial charge < -0.3 is 20.0 Å². The van der Waals surface area contributed by atoms with E-state index in [2.05, 4.69) is 39.4 Å². The average molecular weight is 572 g/mol. The molecule has 0 radical (unpaired) electrons. The third-order valence-electron chi connectivity index (χ3n) is 6.08. The number of aryl methyl sites for hydroxylation is 2. The molecule has 2 aliphatic heterocycles. The molecule has 1 amide bonds. The number of guanidine groups is 1. The van der Waals surface area contributed by atoms with Crippen LogP contribution in [0.1, 0.15) is 12.0 Å². The molecule has 174 valence electrons. The fourth-order valence-corrected chi connectivity index (χ4v) is 4.55. The molecule has 1 atom stereocenters. The van der Waals surface area contributed by atoms with Crippen molar-refractivity contribution in [2.45, 2.75) is 13.3 Å². The Morgan fingerprint density at radius 2 is 2.12 bits per heavy atom. The third-order valence-corrected chi connectivity index (χ3v) is 6.32. The third kappa shape index (κ3) is 5.48. The lowest BCUT2D eigenvalue weighted by molar-refractivity contribution is -0.120. The van der Waals surface area contributed by atoms with Gasteiger partial charge in [-0.2, -0.15) is 5.10 Å². The Morgan fingerprint density at radius 1 is 1.31 bits per heavy atom. The van der Waals surface area contributed by atoms with E-state index in [0.29, 0.717) is 19.0 Å². The molecular formula is C22H31ClIN7O. The smallest absolute Gasteiger partial charge is 0.246 e. The summed E-state index contributed by atoms with van der Waals surface area (Å²) in [5, 5.41) is 8.44. The van der Waals surface area contributed by atoms with Gasteiger partial charge in [-0.25, -0.2) is 0 Å². The number of halogens is 2. The van der Waals surface area contributed by atoms with Crippen LogP contribution < -0.4 is 15.1 Å². The van der Waals surface area contributed by atoms with E-state index >= 15 is 0 Å². The summed E-state index contributed by atoms with van der Waals surface area (Å²) in [6.45, 7) is 6.64. The van der Waals surface area contributed by atoms with Crippen molar-refractivity contribution in [2.75, 3.05) is 56.1 Å². The minimum absolute atomic E-state index is 0. The van der Waals surface area contributed by atoms with Gasteiger partial charge in [-0.1, -0.05) is 17.7 Å². The number of amides is 1. The van der Waals surface area contributed by atoms with Gasteiger partial charge in [0.05, 0.1) is 11.9 Å². The lowest BCUT2D eigenvalue weighted by Crippen LogP contribution is -2.55. The number of carbonyl (C=O) groups excluding carboxylic acids is 1. The van der Waals surface area contributed by atoms with Gasteiger partial charge in [-0.05, 0) is 37.0 Å². The summed E-state index contributed by atoms with van der Waals surface area (Å²) in [5.74, 6) is 1.37. The summed E-state index contributed by atoms with van der Waals surface area (Å²) in [5.41, 5.74) is 3.31. The molecule has 1 aromatic carbocycles. The molecule has 0 bridgehead atoms. The second kappa shape index (κ2) is 10.7. The minimum atomic E-state index is 0. The summed E-state index contributed by atoms with van der Waals surface area (Å²) in [6, 6.07) is 6.07. The van der Waals surface area contributed by atoms with E-state index in [1.54, 1.807) is 22.8 Å². The first-order valence-electron chi connectivity index (χ1n) is 10.7. The highest BCUT2D eigenvalue weighted by Gasteiger charge is 2.29. The van der Waals surface area contributed by atoms with Gasteiger partial charge in [0.2, 0.25) is 5.91 Å². The molecule has 2 fully saturated rings. The predicted octanol–water partition coefficient (Wildman–Crippen LogP) is 2.75. The molecule has 2 aromatic rings. The summed E-state index contributed by atoms with van der Waals surface area (Å²) in [7, 11) is 3.63. The summed E-state index contributed by atoms with van der Waals surface area (Å²) in [4.78, 5) is 23.4. The number of benzene rings is 1. The van der Waals surface area contributed by atoms with Crippen LogP contribution in [0.5, 0.6) is 0 Å². The van der Waals surface area contributed by atoms with Crippen molar-refractivity contribution in [1.82, 2.24) is 20.0 Å². The number of carbonyl (C=O) groups is 1. The number of aromatic nitrogens is 2. The van der Waals surface area contributed by atoms with E-state index in [1.165, 1.54) is 11.3 Å². The molecule has 1 unspecified atom stereocenters. The van der Waals surface area contributed by atoms with Crippen LogP contribution in [0, 0.1) is 12.8 Å². The van der Waals surface area contributed by atoms with E-state index in [0.717, 1.165) is 49.3 Å². The molecule has 0 spiro atoms. The van der Waals surface area contributed by atoms with Crippen molar-refractivity contribution in [3.05, 3.63) is 41.2 Å². The van der Waals surface area contributed by atoms with Crippen LogP contribution in [0.3, 0.4) is 0 Å². The van der Waals surface area contributed by atoms with E-state index in [9.17, 15) is 4.79 Å². The van der Waals surface area contributed by atoms with Crippen LogP contribution in [0.4, 0.5) is 11.4 Å². The predicted molar refractivity (Wildman–Crippen MR) is 140 cm³/mol. The molecule has 32 heavy (non-hydrogen) atoms. The number of hydrogen-bond acceptors (Lipinski definition) is 4. The molecule has 4 rings (SSSR count). The molecular weight excluding hydrogens is 541 g/mol. The largest absolute Gasteiger partial charge is 0.371 e. The van der Waals surface area contributed by atoms with Crippen molar-refractivity contribution in [3.63, 3.8) is 0 Å². The van der Waals surface area contributed by atoms with Gasteiger partial charge in [-0.3, -0.25) is 14.5 Å². The molecule has 3 heterocycles. The Balaban J connectivity index is 0.00000289. The summed E-state index contributed by atoms with van der Waals surface area (Å²) in [6.07, 6.45) is 4.71. The van der Waals surface area contributed by atoms with Crippen molar-refractivity contribution in [1.29, 1.82) is 0 Å². The Hall–Kier alpha value is -2.01. The lowest BCUT2D eigenvalue weighted by atomic mass is 10.1. The van der Waals surface area contributed by atoms with Crippen LogP contribution >= 0.6 is 35.6 Å². The van der Waals surface area contributed by atoms with Crippen LogP contribution in [-0.4, -0.2) is 72.9 Å². The molecule has 0 saturated carbocycles. The van der Waals surface area contributed by atoms with Gasteiger partial charge in [0.1, 0.15) is 6.54 Å². The van der Waals surface area contributed by atoms with Crippen molar-refractivity contribution >= 4 is 58.8 Å². The number of nitrogens with one attached hydrogen (secondary N) is 1. The SMILES string of the molecule is CN=C(NCC1CCN(c2cc(Cl)ccc2C)C1)N1CCN(c2cnn(C)c2)C(=O)C1.I. The first-order chi connectivity index (χ1) is 14.9. The maximum atomic E-state index is 12.7. The normalized spacial score (nSPS) is 19.4. The molecule has 0 aliphatic carbocycles. The highest BCUT2D eigenvalue weighted by atomic mass is 127. The number of anilines is 2. The fourth-order valence-electron chi connectivity index (χ4n) is 4.38. The monoisotopic (exact) mass is 571 g/mol. The minimum Gasteiger partial charge on any atom is -0.371 e. The zero-order valence-electron chi connectivity index (χ0n) is 18.8.